The summed E-state index contributed by atoms with van der Waals surface area (Å²) in [7, 11) is 0. The number of thiophene rings is 2. The smallest absolute Gasteiger partial charge is 0.0546 e. The van der Waals surface area contributed by atoms with Crippen molar-refractivity contribution >= 4 is 108 Å². The Hall–Kier alpha value is -7.50. The molecule has 0 spiro atoms. The Kier molecular flexibility index (Phi) is 8.91. The lowest BCUT2D eigenvalue weighted by Crippen LogP contribution is -2.12. The molecule has 292 valence electrons. The molecule has 4 heteroatoms. The Morgan fingerprint density at radius 2 is 0.613 bits per heavy atom. The zero-order chi connectivity index (χ0) is 41.0. The predicted octanol–water partition coefficient (Wildman–Crippen LogP) is 17.8. The molecule has 0 radical (unpaired) electrons. The van der Waals surface area contributed by atoms with E-state index in [4.69, 9.17) is 0 Å². The Balaban J connectivity index is 1.12. The first kappa shape index (κ1) is 36.4. The van der Waals surface area contributed by atoms with Crippen LogP contribution >= 0.6 is 22.7 Å². The fraction of sp³-hybridized carbons (Fsp3) is 0. The van der Waals surface area contributed by atoms with Gasteiger partial charge in [-0.1, -0.05) is 146 Å². The van der Waals surface area contributed by atoms with Gasteiger partial charge in [-0.05, 0) is 107 Å². The average molecular weight is 827 g/mol. The number of hydrogen-bond acceptors (Lipinski definition) is 4. The fourth-order valence-electron chi connectivity index (χ4n) is 9.11. The van der Waals surface area contributed by atoms with Gasteiger partial charge in [0.1, 0.15) is 0 Å². The van der Waals surface area contributed by atoms with Crippen molar-refractivity contribution in [3.63, 3.8) is 0 Å². The van der Waals surface area contributed by atoms with Gasteiger partial charge in [-0.15, -0.1) is 22.7 Å². The summed E-state index contributed by atoms with van der Waals surface area (Å²) in [5, 5.41) is 7.52. The third-order valence-corrected chi connectivity index (χ3v) is 14.3. The van der Waals surface area contributed by atoms with E-state index in [0.29, 0.717) is 0 Å². The van der Waals surface area contributed by atoms with E-state index in [1.807, 2.05) is 22.7 Å². The molecule has 2 nitrogen and oxygen atoms in total. The summed E-state index contributed by atoms with van der Waals surface area (Å²) in [5.74, 6) is 0. The van der Waals surface area contributed by atoms with Crippen LogP contribution in [0.15, 0.2) is 231 Å². The SMILES string of the molecule is c1ccc(-c2cc3cc(N(c4ccccc4)c4ccc5c(c4)sc4ccccc45)c(-c4ccccc4)cc3cc2N(c2ccccc2)c2ccc3c(c2)sc2ccccc23)cc1. The van der Waals surface area contributed by atoms with E-state index in [-0.39, 0.29) is 0 Å². The second-order valence-corrected chi connectivity index (χ2v) is 17.9. The molecule has 0 atom stereocenters. The van der Waals surface area contributed by atoms with Gasteiger partial charge in [0.05, 0.1) is 11.4 Å². The largest absolute Gasteiger partial charge is 0.310 e. The first-order valence-corrected chi connectivity index (χ1v) is 22.6. The molecule has 0 aliphatic carbocycles. The number of benzene rings is 10. The van der Waals surface area contributed by atoms with Gasteiger partial charge in [-0.3, -0.25) is 0 Å². The molecule has 0 saturated carbocycles. The Morgan fingerprint density at radius 3 is 1.03 bits per heavy atom. The maximum absolute atomic E-state index is 2.44. The molecular formula is C58H38N2S2. The first-order chi connectivity index (χ1) is 30.7. The predicted molar refractivity (Wildman–Crippen MR) is 270 cm³/mol. The van der Waals surface area contributed by atoms with Gasteiger partial charge in [0.25, 0.3) is 0 Å². The molecule has 0 fully saturated rings. The van der Waals surface area contributed by atoms with Gasteiger partial charge in [0.15, 0.2) is 0 Å². The van der Waals surface area contributed by atoms with Crippen molar-refractivity contribution in [2.24, 2.45) is 0 Å². The third-order valence-electron chi connectivity index (χ3n) is 12.0. The standard InChI is InChI=1S/C58H38N2S2/c1-5-17-39(18-6-1)51-33-41-36-54(60(44-23-11-4-12-24-44)46-30-32-50-48-26-14-16-28-56(48)62-58(50)38-46)52(40-19-7-2-8-20-40)34-42(41)35-53(51)59(43-21-9-3-10-22-43)45-29-31-49-47-25-13-15-27-55(47)61-57(49)37-45/h1-38H. The molecule has 12 rings (SSSR count). The topological polar surface area (TPSA) is 6.48 Å². The summed E-state index contributed by atoms with van der Waals surface area (Å²) in [6, 6.07) is 84.4. The van der Waals surface area contributed by atoms with Crippen LogP contribution in [0.4, 0.5) is 34.1 Å². The molecule has 12 aromatic rings. The van der Waals surface area contributed by atoms with Crippen LogP contribution in [0.5, 0.6) is 0 Å². The second kappa shape index (κ2) is 15.2. The van der Waals surface area contributed by atoms with E-state index in [1.54, 1.807) is 0 Å². The summed E-state index contributed by atoms with van der Waals surface area (Å²) in [4.78, 5) is 4.89. The van der Waals surface area contributed by atoms with Crippen LogP contribution in [0.1, 0.15) is 0 Å². The number of hydrogen-bond donors (Lipinski definition) is 0. The quantitative estimate of drug-likeness (QED) is 0.151. The zero-order valence-corrected chi connectivity index (χ0v) is 35.3. The van der Waals surface area contributed by atoms with Gasteiger partial charge in [0.2, 0.25) is 0 Å². The van der Waals surface area contributed by atoms with Crippen LogP contribution in [0.25, 0.3) is 73.4 Å². The van der Waals surface area contributed by atoms with E-state index >= 15 is 0 Å². The highest BCUT2D eigenvalue weighted by atomic mass is 32.1. The highest BCUT2D eigenvalue weighted by Crippen LogP contribution is 2.49. The van der Waals surface area contributed by atoms with Crippen LogP contribution in [0, 0.1) is 0 Å². The monoisotopic (exact) mass is 826 g/mol. The maximum atomic E-state index is 2.44. The molecule has 0 N–H and O–H groups in total. The molecule has 62 heavy (non-hydrogen) atoms. The lowest BCUT2D eigenvalue weighted by Gasteiger charge is -2.30. The first-order valence-electron chi connectivity index (χ1n) is 21.0. The van der Waals surface area contributed by atoms with E-state index in [9.17, 15) is 0 Å². The summed E-state index contributed by atoms with van der Waals surface area (Å²) in [6.07, 6.45) is 0. The summed E-state index contributed by atoms with van der Waals surface area (Å²) < 4.78 is 5.16. The van der Waals surface area contributed by atoms with Crippen molar-refractivity contribution < 1.29 is 0 Å². The van der Waals surface area contributed by atoms with Gasteiger partial charge >= 0.3 is 0 Å². The summed E-state index contributed by atoms with van der Waals surface area (Å²) in [6.45, 7) is 0. The van der Waals surface area contributed by atoms with Crippen LogP contribution in [0.2, 0.25) is 0 Å². The van der Waals surface area contributed by atoms with Crippen molar-refractivity contribution in [1.29, 1.82) is 0 Å². The van der Waals surface area contributed by atoms with E-state index < -0.39 is 0 Å². The minimum atomic E-state index is 1.11. The van der Waals surface area contributed by atoms with Gasteiger partial charge in [-0.2, -0.15) is 0 Å². The van der Waals surface area contributed by atoms with Gasteiger partial charge < -0.3 is 9.80 Å². The average Bonchev–Trinajstić information content (AvgIpc) is 3.90. The molecule has 2 heterocycles. The molecule has 2 aromatic heterocycles. The lowest BCUT2D eigenvalue weighted by atomic mass is 9.93. The Morgan fingerprint density at radius 1 is 0.258 bits per heavy atom. The molecular weight excluding hydrogens is 789 g/mol. The molecule has 0 saturated heterocycles. The third kappa shape index (κ3) is 6.31. The number of nitrogens with zero attached hydrogens (tertiary/aromatic N) is 2. The zero-order valence-electron chi connectivity index (χ0n) is 33.7. The molecule has 0 aliphatic heterocycles. The maximum Gasteiger partial charge on any atom is 0.0546 e. The molecule has 0 amide bonds. The Bertz CT molecular complexity index is 3340. The normalized spacial score (nSPS) is 11.5. The van der Waals surface area contributed by atoms with Crippen molar-refractivity contribution in [2.45, 2.75) is 0 Å². The van der Waals surface area contributed by atoms with Crippen LogP contribution in [-0.4, -0.2) is 0 Å². The van der Waals surface area contributed by atoms with Gasteiger partial charge in [0, 0.05) is 74.2 Å². The molecule has 0 bridgehead atoms. The molecule has 0 aliphatic rings. The number of fused-ring (bicyclic) bond motifs is 7. The van der Waals surface area contributed by atoms with Crippen molar-refractivity contribution in [3.05, 3.63) is 231 Å². The van der Waals surface area contributed by atoms with E-state index in [0.717, 1.165) is 56.4 Å². The van der Waals surface area contributed by atoms with Crippen molar-refractivity contribution in [2.75, 3.05) is 9.80 Å². The second-order valence-electron chi connectivity index (χ2n) is 15.7. The highest BCUT2D eigenvalue weighted by molar-refractivity contribution is 7.26. The number of para-hydroxylation sites is 2. The van der Waals surface area contributed by atoms with Crippen LogP contribution in [0.3, 0.4) is 0 Å². The van der Waals surface area contributed by atoms with E-state index in [1.165, 1.54) is 51.1 Å². The van der Waals surface area contributed by atoms with Crippen molar-refractivity contribution in [1.82, 2.24) is 0 Å². The minimum Gasteiger partial charge on any atom is -0.310 e. The summed E-state index contributed by atoms with van der Waals surface area (Å²) in [5.41, 5.74) is 11.4. The minimum absolute atomic E-state index is 1.11. The van der Waals surface area contributed by atoms with Crippen LogP contribution < -0.4 is 9.80 Å². The van der Waals surface area contributed by atoms with Gasteiger partial charge in [-0.25, -0.2) is 0 Å². The molecule has 10 aromatic carbocycles. The lowest BCUT2D eigenvalue weighted by molar-refractivity contribution is 1.29. The van der Waals surface area contributed by atoms with Crippen molar-refractivity contribution in [3.8, 4) is 22.3 Å². The number of rotatable bonds is 8. The fourth-order valence-corrected chi connectivity index (χ4v) is 11.4. The van der Waals surface area contributed by atoms with E-state index in [2.05, 4.69) is 240 Å². The Labute approximate surface area is 368 Å². The van der Waals surface area contributed by atoms with Crippen LogP contribution in [-0.2, 0) is 0 Å². The summed E-state index contributed by atoms with van der Waals surface area (Å²) >= 11 is 3.72. The highest BCUT2D eigenvalue weighted by Gasteiger charge is 2.23. The number of anilines is 6. The molecule has 0 unspecified atom stereocenters.